The van der Waals surface area contributed by atoms with Crippen LogP contribution in [0.5, 0.6) is 5.75 Å². The van der Waals surface area contributed by atoms with E-state index in [4.69, 9.17) is 14.5 Å². The number of rotatable bonds is 9. The molecule has 0 radical (unpaired) electrons. The molecule has 0 saturated carbocycles. The molecule has 0 aliphatic carbocycles. The molecule has 0 amide bonds. The van der Waals surface area contributed by atoms with Crippen LogP contribution in [0.15, 0.2) is 100 Å². The molecule has 3 aromatic carbocycles. The minimum absolute atomic E-state index is 0.0385. The summed E-state index contributed by atoms with van der Waals surface area (Å²) in [5.74, 6) is 0.175. The van der Waals surface area contributed by atoms with Crippen LogP contribution in [0.4, 0.5) is 5.69 Å². The predicted octanol–water partition coefficient (Wildman–Crippen LogP) is 5.50. The van der Waals surface area contributed by atoms with Crippen LogP contribution in [0.1, 0.15) is 50.4 Å². The number of esters is 1. The topological polar surface area (TPSA) is 118 Å². The average molecular weight is 637 g/mol. The molecule has 0 unspecified atom stereocenters. The molecule has 0 fully saturated rings. The fourth-order valence-electron chi connectivity index (χ4n) is 5.67. The summed E-state index contributed by atoms with van der Waals surface area (Å²) in [5, 5.41) is 12.1. The molecule has 1 aliphatic rings. The molecule has 0 N–H and O–H groups in total. The number of hydrogen-bond acceptors (Lipinski definition) is 8. The number of carbonyl (C=O) groups is 1. The van der Waals surface area contributed by atoms with E-state index in [1.165, 1.54) is 23.5 Å². The molecule has 10 nitrogen and oxygen atoms in total. The molecule has 3 heterocycles. The van der Waals surface area contributed by atoms with Crippen LogP contribution >= 0.6 is 11.3 Å². The number of carbonyl (C=O) groups excluding carboxylic acids is 1. The summed E-state index contributed by atoms with van der Waals surface area (Å²) in [4.78, 5) is 43.5. The molecule has 0 saturated heterocycles. The standard InChI is InChI=1S/C35H32N4O6S/c1-5-44-27-16-12-24(13-17-27)32-31(34(41)45-21(2)3)22(4)36-35-38(32)33(40)30(46-35)18-25-20-37(29-9-7-6-8-28(25)29)19-23-10-14-26(15-11-23)39(42)43/h6-18,20-21,32H,5,19H2,1-4H3/b30-18+/t32-/m1/s1. The van der Waals surface area contributed by atoms with Gasteiger partial charge in [0.1, 0.15) is 5.75 Å². The second-order valence-electron chi connectivity index (χ2n) is 11.2. The maximum atomic E-state index is 14.2. The molecule has 0 spiro atoms. The van der Waals surface area contributed by atoms with Gasteiger partial charge in [0.15, 0.2) is 4.80 Å². The van der Waals surface area contributed by atoms with Crippen LogP contribution in [-0.4, -0.2) is 32.7 Å². The molecule has 1 atom stereocenters. The van der Waals surface area contributed by atoms with Crippen molar-refractivity contribution < 1.29 is 19.2 Å². The third-order valence-electron chi connectivity index (χ3n) is 7.70. The van der Waals surface area contributed by atoms with Crippen LogP contribution in [0, 0.1) is 10.1 Å². The van der Waals surface area contributed by atoms with Gasteiger partial charge in [0.05, 0.1) is 39.5 Å². The molecule has 234 valence electrons. The number of allylic oxidation sites excluding steroid dienone is 1. The van der Waals surface area contributed by atoms with Gasteiger partial charge in [0.25, 0.3) is 11.2 Å². The first-order valence-corrected chi connectivity index (χ1v) is 15.7. The Bertz CT molecular complexity index is 2170. The Morgan fingerprint density at radius 3 is 2.48 bits per heavy atom. The first kappa shape index (κ1) is 30.7. The first-order chi connectivity index (χ1) is 22.1. The zero-order valence-electron chi connectivity index (χ0n) is 25.8. The number of benzene rings is 3. The van der Waals surface area contributed by atoms with Gasteiger partial charge in [-0.1, -0.05) is 53.8 Å². The summed E-state index contributed by atoms with van der Waals surface area (Å²) < 4.78 is 15.3. The lowest BCUT2D eigenvalue weighted by molar-refractivity contribution is -0.384. The number of nitro groups is 1. The number of aromatic nitrogens is 2. The van der Waals surface area contributed by atoms with Gasteiger partial charge in [0.2, 0.25) is 0 Å². The van der Waals surface area contributed by atoms with Gasteiger partial charge in [-0.25, -0.2) is 9.79 Å². The summed E-state index contributed by atoms with van der Waals surface area (Å²) >= 11 is 1.27. The Morgan fingerprint density at radius 1 is 1.09 bits per heavy atom. The fraction of sp³-hybridized carbons (Fsp3) is 0.229. The number of hydrogen-bond donors (Lipinski definition) is 0. The summed E-state index contributed by atoms with van der Waals surface area (Å²) in [6.45, 7) is 8.25. The maximum Gasteiger partial charge on any atom is 0.338 e. The quantitative estimate of drug-likeness (QED) is 0.120. The second-order valence-corrected chi connectivity index (χ2v) is 12.2. The zero-order chi connectivity index (χ0) is 32.5. The lowest BCUT2D eigenvalue weighted by Gasteiger charge is -2.25. The van der Waals surface area contributed by atoms with E-state index in [1.807, 2.05) is 67.7 Å². The molecule has 1 aliphatic heterocycles. The molecular weight excluding hydrogens is 604 g/mol. The third kappa shape index (κ3) is 5.89. The number of nitrogens with zero attached hydrogens (tertiary/aromatic N) is 4. The smallest absolute Gasteiger partial charge is 0.338 e. The number of non-ortho nitro benzene ring substituents is 1. The Balaban J connectivity index is 1.46. The van der Waals surface area contributed by atoms with Crippen molar-refractivity contribution in [1.29, 1.82) is 0 Å². The number of thiazole rings is 1. The highest BCUT2D eigenvalue weighted by molar-refractivity contribution is 7.07. The Kier molecular flexibility index (Phi) is 8.42. The van der Waals surface area contributed by atoms with Gasteiger partial charge in [-0.3, -0.25) is 19.5 Å². The van der Waals surface area contributed by atoms with Crippen molar-refractivity contribution in [2.24, 2.45) is 4.99 Å². The van der Waals surface area contributed by atoms with Crippen LogP contribution < -0.4 is 19.6 Å². The predicted molar refractivity (Wildman–Crippen MR) is 177 cm³/mol. The van der Waals surface area contributed by atoms with Crippen molar-refractivity contribution in [1.82, 2.24) is 9.13 Å². The van der Waals surface area contributed by atoms with E-state index < -0.39 is 16.9 Å². The summed E-state index contributed by atoms with van der Waals surface area (Å²) in [5.41, 5.74) is 4.03. The van der Waals surface area contributed by atoms with Crippen molar-refractivity contribution >= 4 is 40.0 Å². The van der Waals surface area contributed by atoms with Gasteiger partial charge in [-0.2, -0.15) is 0 Å². The molecular formula is C35H32N4O6S. The van der Waals surface area contributed by atoms with Crippen molar-refractivity contribution in [3.8, 4) is 5.75 Å². The molecule has 0 bridgehead atoms. The van der Waals surface area contributed by atoms with Crippen LogP contribution in [-0.2, 0) is 16.1 Å². The summed E-state index contributed by atoms with van der Waals surface area (Å²) in [7, 11) is 0. The molecule has 6 rings (SSSR count). The second kappa shape index (κ2) is 12.6. The van der Waals surface area contributed by atoms with Crippen molar-refractivity contribution in [3.63, 3.8) is 0 Å². The number of nitro benzene ring substituents is 1. The van der Waals surface area contributed by atoms with E-state index in [1.54, 1.807) is 37.5 Å². The largest absolute Gasteiger partial charge is 0.494 e. The Hall–Kier alpha value is -5.29. The lowest BCUT2D eigenvalue weighted by Crippen LogP contribution is -2.40. The van der Waals surface area contributed by atoms with E-state index in [2.05, 4.69) is 4.57 Å². The molecule has 11 heteroatoms. The fourth-order valence-corrected chi connectivity index (χ4v) is 6.71. The summed E-state index contributed by atoms with van der Waals surface area (Å²) in [6, 6.07) is 21.0. The monoisotopic (exact) mass is 636 g/mol. The van der Waals surface area contributed by atoms with Crippen molar-refractivity contribution in [2.45, 2.75) is 46.4 Å². The van der Waals surface area contributed by atoms with Crippen molar-refractivity contribution in [2.75, 3.05) is 6.61 Å². The highest BCUT2D eigenvalue weighted by Crippen LogP contribution is 2.32. The normalized spacial score (nSPS) is 14.8. The molecule has 5 aromatic rings. The van der Waals surface area contributed by atoms with Gasteiger partial charge in [-0.15, -0.1) is 0 Å². The Labute approximate surface area is 268 Å². The SMILES string of the molecule is CCOc1ccc([C@@H]2C(C(=O)OC(C)C)=C(C)N=c3s/c(=C/c4cn(Cc5ccc([N+](=O)[O-])cc5)c5ccccc45)c(=O)n32)cc1. The number of fused-ring (bicyclic) bond motifs is 2. The highest BCUT2D eigenvalue weighted by atomic mass is 32.1. The van der Waals surface area contributed by atoms with Gasteiger partial charge in [0, 0.05) is 41.3 Å². The summed E-state index contributed by atoms with van der Waals surface area (Å²) in [6.07, 6.45) is 3.49. The van der Waals surface area contributed by atoms with E-state index >= 15 is 0 Å². The molecule has 46 heavy (non-hydrogen) atoms. The van der Waals surface area contributed by atoms with E-state index in [0.717, 1.165) is 27.6 Å². The van der Waals surface area contributed by atoms with E-state index in [0.29, 0.717) is 39.5 Å². The van der Waals surface area contributed by atoms with E-state index in [9.17, 15) is 19.7 Å². The molecule has 2 aromatic heterocycles. The van der Waals surface area contributed by atoms with E-state index in [-0.39, 0.29) is 17.4 Å². The lowest BCUT2D eigenvalue weighted by atomic mass is 9.96. The van der Waals surface area contributed by atoms with Crippen LogP contribution in [0.3, 0.4) is 0 Å². The number of para-hydroxylation sites is 1. The zero-order valence-corrected chi connectivity index (χ0v) is 26.6. The minimum atomic E-state index is -0.733. The first-order valence-electron chi connectivity index (χ1n) is 14.9. The highest BCUT2D eigenvalue weighted by Gasteiger charge is 2.34. The van der Waals surface area contributed by atoms with Gasteiger partial charge < -0.3 is 14.0 Å². The maximum absolute atomic E-state index is 14.2. The van der Waals surface area contributed by atoms with Crippen LogP contribution in [0.2, 0.25) is 0 Å². The Morgan fingerprint density at radius 2 is 1.80 bits per heavy atom. The third-order valence-corrected chi connectivity index (χ3v) is 8.68. The van der Waals surface area contributed by atoms with Gasteiger partial charge in [-0.05, 0) is 63.1 Å². The van der Waals surface area contributed by atoms with Crippen LogP contribution in [0.25, 0.3) is 17.0 Å². The average Bonchev–Trinajstić information content (AvgIpc) is 3.53. The van der Waals surface area contributed by atoms with Crippen molar-refractivity contribution in [3.05, 3.63) is 137 Å². The number of ether oxygens (including phenoxy) is 2. The van der Waals surface area contributed by atoms with Gasteiger partial charge >= 0.3 is 5.97 Å². The minimum Gasteiger partial charge on any atom is -0.494 e.